The lowest BCUT2D eigenvalue weighted by Crippen LogP contribution is -2.13. The van der Waals surface area contributed by atoms with Gasteiger partial charge in [0.1, 0.15) is 0 Å². The molecule has 0 aliphatic rings. The first-order valence-corrected chi connectivity index (χ1v) is 7.50. The molecule has 0 radical (unpaired) electrons. The fourth-order valence-electron chi connectivity index (χ4n) is 2.33. The standard InChI is InChI=1S/C16H15N3OS/c1-11-10-14(12(2)19(11)16-17-8-9-21-16)15(20)18-13-6-4-3-5-7-13/h3-10H,1-2H3,(H,18,20). The highest BCUT2D eigenvalue weighted by atomic mass is 32.1. The first kappa shape index (κ1) is 13.6. The van der Waals surface area contributed by atoms with Gasteiger partial charge in [-0.1, -0.05) is 18.2 Å². The van der Waals surface area contributed by atoms with E-state index in [1.54, 1.807) is 17.5 Å². The van der Waals surface area contributed by atoms with Crippen LogP contribution in [-0.4, -0.2) is 15.5 Å². The van der Waals surface area contributed by atoms with Gasteiger partial charge in [0.2, 0.25) is 0 Å². The van der Waals surface area contributed by atoms with Crippen molar-refractivity contribution in [1.29, 1.82) is 0 Å². The molecule has 3 aromatic rings. The Morgan fingerprint density at radius 3 is 2.67 bits per heavy atom. The maximum atomic E-state index is 12.4. The van der Waals surface area contributed by atoms with Crippen LogP contribution in [-0.2, 0) is 0 Å². The Morgan fingerprint density at radius 1 is 1.24 bits per heavy atom. The van der Waals surface area contributed by atoms with Gasteiger partial charge in [-0.15, -0.1) is 11.3 Å². The summed E-state index contributed by atoms with van der Waals surface area (Å²) in [5.41, 5.74) is 3.37. The maximum absolute atomic E-state index is 12.4. The molecule has 0 atom stereocenters. The average Bonchev–Trinajstić information content (AvgIpc) is 3.08. The molecule has 0 saturated heterocycles. The third-order valence-electron chi connectivity index (χ3n) is 3.32. The fourth-order valence-corrected chi connectivity index (χ4v) is 3.08. The predicted molar refractivity (Wildman–Crippen MR) is 85.3 cm³/mol. The van der Waals surface area contributed by atoms with Crippen LogP contribution in [0.5, 0.6) is 0 Å². The number of aryl methyl sites for hydroxylation is 1. The number of aromatic nitrogens is 2. The quantitative estimate of drug-likeness (QED) is 0.799. The summed E-state index contributed by atoms with van der Waals surface area (Å²) in [6.07, 6.45) is 1.77. The molecule has 0 aliphatic heterocycles. The number of nitrogens with zero attached hydrogens (tertiary/aromatic N) is 2. The number of hydrogen-bond donors (Lipinski definition) is 1. The smallest absolute Gasteiger partial charge is 0.257 e. The molecule has 0 bridgehead atoms. The lowest BCUT2D eigenvalue weighted by atomic mass is 10.2. The molecule has 0 aliphatic carbocycles. The summed E-state index contributed by atoms with van der Waals surface area (Å²) in [4.78, 5) is 16.7. The van der Waals surface area contributed by atoms with E-state index in [9.17, 15) is 4.79 Å². The Hall–Kier alpha value is -2.40. The van der Waals surface area contributed by atoms with E-state index in [2.05, 4.69) is 10.3 Å². The van der Waals surface area contributed by atoms with E-state index in [0.29, 0.717) is 5.56 Å². The van der Waals surface area contributed by atoms with E-state index < -0.39 is 0 Å². The Balaban J connectivity index is 1.93. The van der Waals surface area contributed by atoms with Gasteiger partial charge < -0.3 is 5.32 Å². The zero-order chi connectivity index (χ0) is 14.8. The molecule has 0 spiro atoms. The molecule has 1 aromatic carbocycles. The van der Waals surface area contributed by atoms with Crippen molar-refractivity contribution in [2.45, 2.75) is 13.8 Å². The van der Waals surface area contributed by atoms with Crippen LogP contribution in [0.3, 0.4) is 0 Å². The molecule has 0 saturated carbocycles. The lowest BCUT2D eigenvalue weighted by Gasteiger charge is -2.06. The van der Waals surface area contributed by atoms with Crippen LogP contribution < -0.4 is 5.32 Å². The van der Waals surface area contributed by atoms with E-state index >= 15 is 0 Å². The second-order valence-corrected chi connectivity index (χ2v) is 5.63. The number of carbonyl (C=O) groups is 1. The number of nitrogens with one attached hydrogen (secondary N) is 1. The topological polar surface area (TPSA) is 46.9 Å². The number of rotatable bonds is 3. The maximum Gasteiger partial charge on any atom is 0.257 e. The Kier molecular flexibility index (Phi) is 3.58. The number of amides is 1. The van der Waals surface area contributed by atoms with E-state index in [1.807, 2.05) is 60.2 Å². The molecule has 1 amide bonds. The van der Waals surface area contributed by atoms with Gasteiger partial charge in [-0.2, -0.15) is 0 Å². The van der Waals surface area contributed by atoms with Crippen LogP contribution in [0.1, 0.15) is 21.7 Å². The van der Waals surface area contributed by atoms with Crippen LogP contribution in [0.2, 0.25) is 0 Å². The Labute approximate surface area is 127 Å². The lowest BCUT2D eigenvalue weighted by molar-refractivity contribution is 0.102. The molecule has 2 heterocycles. The van der Waals surface area contributed by atoms with Crippen LogP contribution >= 0.6 is 11.3 Å². The summed E-state index contributed by atoms with van der Waals surface area (Å²) in [6.45, 7) is 3.92. The van der Waals surface area contributed by atoms with Crippen molar-refractivity contribution in [3.05, 3.63) is 64.9 Å². The second-order valence-electron chi connectivity index (χ2n) is 4.76. The minimum atomic E-state index is -0.0999. The molecule has 3 rings (SSSR count). The van der Waals surface area contributed by atoms with E-state index in [4.69, 9.17) is 0 Å². The molecule has 4 nitrogen and oxygen atoms in total. The molecule has 106 valence electrons. The monoisotopic (exact) mass is 297 g/mol. The molecule has 0 fully saturated rings. The highest BCUT2D eigenvalue weighted by Gasteiger charge is 2.17. The summed E-state index contributed by atoms with van der Waals surface area (Å²) in [7, 11) is 0. The zero-order valence-corrected chi connectivity index (χ0v) is 12.6. The van der Waals surface area contributed by atoms with Gasteiger partial charge >= 0.3 is 0 Å². The van der Waals surface area contributed by atoms with E-state index in [0.717, 1.165) is 22.2 Å². The van der Waals surface area contributed by atoms with Gasteiger partial charge in [0.05, 0.1) is 5.56 Å². The first-order chi connectivity index (χ1) is 10.2. The van der Waals surface area contributed by atoms with E-state index in [1.165, 1.54) is 0 Å². The Bertz CT molecular complexity index is 760. The van der Waals surface area contributed by atoms with Gasteiger partial charge in [-0.05, 0) is 32.0 Å². The summed E-state index contributed by atoms with van der Waals surface area (Å²) in [5, 5.41) is 5.72. The normalized spacial score (nSPS) is 10.6. The van der Waals surface area contributed by atoms with Crippen molar-refractivity contribution < 1.29 is 4.79 Å². The van der Waals surface area contributed by atoms with E-state index in [-0.39, 0.29) is 5.91 Å². The fraction of sp³-hybridized carbons (Fsp3) is 0.125. The van der Waals surface area contributed by atoms with Gasteiger partial charge in [0.15, 0.2) is 5.13 Å². The van der Waals surface area contributed by atoms with Crippen molar-refractivity contribution in [2.75, 3.05) is 5.32 Å². The summed E-state index contributed by atoms with van der Waals surface area (Å²) in [6, 6.07) is 11.4. The van der Waals surface area contributed by atoms with Crippen LogP contribution in [0.25, 0.3) is 5.13 Å². The molecular formula is C16H15N3OS. The number of carbonyl (C=O) groups excluding carboxylic acids is 1. The van der Waals surface area contributed by atoms with Crippen molar-refractivity contribution in [3.63, 3.8) is 0 Å². The summed E-state index contributed by atoms with van der Waals surface area (Å²) in [5.74, 6) is -0.0999. The van der Waals surface area contributed by atoms with Crippen molar-refractivity contribution in [2.24, 2.45) is 0 Å². The number of hydrogen-bond acceptors (Lipinski definition) is 3. The first-order valence-electron chi connectivity index (χ1n) is 6.62. The van der Waals surface area contributed by atoms with Crippen LogP contribution in [0.15, 0.2) is 48.0 Å². The third kappa shape index (κ3) is 2.60. The van der Waals surface area contributed by atoms with Gasteiger partial charge in [0, 0.05) is 28.7 Å². The van der Waals surface area contributed by atoms with Gasteiger partial charge in [0.25, 0.3) is 5.91 Å². The third-order valence-corrected chi connectivity index (χ3v) is 4.07. The predicted octanol–water partition coefficient (Wildman–Crippen LogP) is 3.80. The van der Waals surface area contributed by atoms with Gasteiger partial charge in [-0.25, -0.2) is 4.98 Å². The Morgan fingerprint density at radius 2 is 2.00 bits per heavy atom. The highest BCUT2D eigenvalue weighted by Crippen LogP contribution is 2.23. The molecule has 5 heteroatoms. The molecule has 2 aromatic heterocycles. The van der Waals surface area contributed by atoms with Crippen LogP contribution in [0.4, 0.5) is 5.69 Å². The molecule has 0 unspecified atom stereocenters. The number of benzene rings is 1. The molecule has 21 heavy (non-hydrogen) atoms. The molecular weight excluding hydrogens is 282 g/mol. The SMILES string of the molecule is Cc1cc(C(=O)Nc2ccccc2)c(C)n1-c1nccs1. The van der Waals surface area contributed by atoms with Crippen LogP contribution in [0, 0.1) is 13.8 Å². The second kappa shape index (κ2) is 5.54. The number of anilines is 1. The largest absolute Gasteiger partial charge is 0.322 e. The average molecular weight is 297 g/mol. The van der Waals surface area contributed by atoms with Crippen molar-refractivity contribution in [1.82, 2.24) is 9.55 Å². The minimum Gasteiger partial charge on any atom is -0.322 e. The van der Waals surface area contributed by atoms with Crippen molar-refractivity contribution in [3.8, 4) is 5.13 Å². The zero-order valence-electron chi connectivity index (χ0n) is 11.8. The minimum absolute atomic E-state index is 0.0999. The summed E-state index contributed by atoms with van der Waals surface area (Å²) < 4.78 is 2.00. The van der Waals surface area contributed by atoms with Crippen molar-refractivity contribution >= 4 is 22.9 Å². The molecule has 1 N–H and O–H groups in total. The number of thiazole rings is 1. The summed E-state index contributed by atoms with van der Waals surface area (Å²) >= 11 is 1.55. The number of para-hydroxylation sites is 1. The highest BCUT2D eigenvalue weighted by molar-refractivity contribution is 7.12. The van der Waals surface area contributed by atoms with Gasteiger partial charge in [-0.3, -0.25) is 9.36 Å².